The number of imidazole rings is 1. The first-order valence-electron chi connectivity index (χ1n) is 6.43. The molecule has 2 aromatic rings. The number of nitrogens with one attached hydrogen (secondary N) is 2. The second-order valence-electron chi connectivity index (χ2n) is 4.67. The summed E-state index contributed by atoms with van der Waals surface area (Å²) in [5.74, 6) is 1.76. The molecule has 0 aliphatic rings. The molecule has 0 spiro atoms. The molecule has 0 aliphatic carbocycles. The van der Waals surface area contributed by atoms with Crippen LogP contribution in [0.4, 0.5) is 11.4 Å². The van der Waals surface area contributed by atoms with Crippen LogP contribution in [0.3, 0.4) is 0 Å². The third-order valence-electron chi connectivity index (χ3n) is 2.55. The van der Waals surface area contributed by atoms with Crippen LogP contribution in [0.15, 0.2) is 30.6 Å². The van der Waals surface area contributed by atoms with Crippen molar-refractivity contribution in [2.75, 3.05) is 17.6 Å². The van der Waals surface area contributed by atoms with E-state index in [-0.39, 0.29) is 6.10 Å². The van der Waals surface area contributed by atoms with Gasteiger partial charge in [0.15, 0.2) is 0 Å². The Morgan fingerprint density at radius 3 is 2.89 bits per heavy atom. The van der Waals surface area contributed by atoms with Crippen LogP contribution in [-0.2, 0) is 6.42 Å². The lowest BCUT2D eigenvalue weighted by Crippen LogP contribution is -2.08. The van der Waals surface area contributed by atoms with Crippen LogP contribution in [0.5, 0.6) is 5.75 Å². The molecule has 19 heavy (non-hydrogen) atoms. The molecule has 0 saturated carbocycles. The summed E-state index contributed by atoms with van der Waals surface area (Å²) in [6, 6.07) is 5.69. The summed E-state index contributed by atoms with van der Waals surface area (Å²) in [4.78, 5) is 7.25. The Balaban J connectivity index is 1.93. The van der Waals surface area contributed by atoms with Gasteiger partial charge in [-0.15, -0.1) is 0 Å². The van der Waals surface area contributed by atoms with E-state index >= 15 is 0 Å². The fraction of sp³-hybridized carbons (Fsp3) is 0.357. The SMILES string of the molecule is CC(C)Oc1cc(N)cc(NCCc2ncc[nH]2)c1. The molecule has 1 aromatic heterocycles. The number of aromatic amines is 1. The zero-order valence-electron chi connectivity index (χ0n) is 11.3. The summed E-state index contributed by atoms with van der Waals surface area (Å²) >= 11 is 0. The van der Waals surface area contributed by atoms with Gasteiger partial charge in [0.25, 0.3) is 0 Å². The lowest BCUT2D eigenvalue weighted by molar-refractivity contribution is 0.242. The topological polar surface area (TPSA) is 76.0 Å². The molecule has 1 heterocycles. The Morgan fingerprint density at radius 2 is 2.21 bits per heavy atom. The molecule has 102 valence electrons. The van der Waals surface area contributed by atoms with Crippen molar-refractivity contribution < 1.29 is 4.74 Å². The minimum absolute atomic E-state index is 0.137. The van der Waals surface area contributed by atoms with Crippen LogP contribution in [0.1, 0.15) is 19.7 Å². The van der Waals surface area contributed by atoms with E-state index in [0.29, 0.717) is 5.69 Å². The van der Waals surface area contributed by atoms with Crippen molar-refractivity contribution in [2.45, 2.75) is 26.4 Å². The van der Waals surface area contributed by atoms with Crippen LogP contribution in [0, 0.1) is 0 Å². The first kappa shape index (κ1) is 13.3. The molecule has 0 bridgehead atoms. The smallest absolute Gasteiger partial charge is 0.123 e. The second kappa shape index (κ2) is 6.13. The highest BCUT2D eigenvalue weighted by atomic mass is 16.5. The van der Waals surface area contributed by atoms with E-state index in [1.165, 1.54) is 0 Å². The van der Waals surface area contributed by atoms with Crippen molar-refractivity contribution in [3.8, 4) is 5.75 Å². The van der Waals surface area contributed by atoms with Crippen LogP contribution in [0.2, 0.25) is 0 Å². The van der Waals surface area contributed by atoms with Gasteiger partial charge in [0.05, 0.1) is 6.10 Å². The fourth-order valence-electron chi connectivity index (χ4n) is 1.82. The average molecular weight is 260 g/mol. The van der Waals surface area contributed by atoms with E-state index in [2.05, 4.69) is 15.3 Å². The first-order chi connectivity index (χ1) is 9.13. The molecule has 0 atom stereocenters. The predicted octanol–water partition coefficient (Wildman–Crippen LogP) is 2.43. The van der Waals surface area contributed by atoms with E-state index in [4.69, 9.17) is 10.5 Å². The highest BCUT2D eigenvalue weighted by Crippen LogP contribution is 2.23. The minimum Gasteiger partial charge on any atom is -0.491 e. The monoisotopic (exact) mass is 260 g/mol. The van der Waals surface area contributed by atoms with Crippen LogP contribution in [0.25, 0.3) is 0 Å². The highest BCUT2D eigenvalue weighted by Gasteiger charge is 2.02. The number of benzene rings is 1. The highest BCUT2D eigenvalue weighted by molar-refractivity contribution is 5.59. The zero-order chi connectivity index (χ0) is 13.7. The third-order valence-corrected chi connectivity index (χ3v) is 2.55. The molecule has 5 heteroatoms. The van der Waals surface area contributed by atoms with Crippen molar-refractivity contribution in [1.29, 1.82) is 0 Å². The lowest BCUT2D eigenvalue weighted by atomic mass is 10.2. The van der Waals surface area contributed by atoms with Crippen molar-refractivity contribution in [3.63, 3.8) is 0 Å². The summed E-state index contributed by atoms with van der Waals surface area (Å²) in [7, 11) is 0. The number of nitrogen functional groups attached to an aromatic ring is 1. The number of nitrogens with zero attached hydrogens (tertiary/aromatic N) is 1. The molecule has 4 N–H and O–H groups in total. The quantitative estimate of drug-likeness (QED) is 0.697. The van der Waals surface area contributed by atoms with E-state index in [0.717, 1.165) is 30.2 Å². The summed E-state index contributed by atoms with van der Waals surface area (Å²) in [5, 5.41) is 3.32. The Morgan fingerprint density at radius 1 is 1.37 bits per heavy atom. The molecule has 2 rings (SSSR count). The normalized spacial score (nSPS) is 10.7. The molecule has 5 nitrogen and oxygen atoms in total. The Kier molecular flexibility index (Phi) is 4.28. The van der Waals surface area contributed by atoms with Gasteiger partial charge in [-0.05, 0) is 19.9 Å². The Labute approximate surface area is 113 Å². The number of nitrogens with two attached hydrogens (primary N) is 1. The summed E-state index contributed by atoms with van der Waals surface area (Å²) in [6.07, 6.45) is 4.55. The third kappa shape index (κ3) is 4.21. The van der Waals surface area contributed by atoms with Gasteiger partial charge in [0.2, 0.25) is 0 Å². The van der Waals surface area contributed by atoms with Crippen LogP contribution >= 0.6 is 0 Å². The van der Waals surface area contributed by atoms with Gasteiger partial charge in [0, 0.05) is 48.9 Å². The van der Waals surface area contributed by atoms with Crippen LogP contribution in [-0.4, -0.2) is 22.6 Å². The van der Waals surface area contributed by atoms with Gasteiger partial charge in [-0.25, -0.2) is 4.98 Å². The molecule has 1 aromatic carbocycles. The number of ether oxygens (including phenoxy) is 1. The average Bonchev–Trinajstić information content (AvgIpc) is 2.80. The fourth-order valence-corrected chi connectivity index (χ4v) is 1.82. The van der Waals surface area contributed by atoms with Crippen LogP contribution < -0.4 is 15.8 Å². The van der Waals surface area contributed by atoms with Gasteiger partial charge < -0.3 is 20.8 Å². The lowest BCUT2D eigenvalue weighted by Gasteiger charge is -2.13. The van der Waals surface area contributed by atoms with Crippen molar-refractivity contribution in [3.05, 3.63) is 36.4 Å². The Hall–Kier alpha value is -2.17. The molecule has 0 amide bonds. The van der Waals surface area contributed by atoms with Crippen molar-refractivity contribution in [1.82, 2.24) is 9.97 Å². The van der Waals surface area contributed by atoms with Gasteiger partial charge in [-0.1, -0.05) is 0 Å². The maximum atomic E-state index is 5.86. The minimum atomic E-state index is 0.137. The van der Waals surface area contributed by atoms with Gasteiger partial charge in [-0.3, -0.25) is 0 Å². The summed E-state index contributed by atoms with van der Waals surface area (Å²) in [5.41, 5.74) is 7.52. The zero-order valence-corrected chi connectivity index (χ0v) is 11.3. The van der Waals surface area contributed by atoms with E-state index in [1.807, 2.05) is 38.2 Å². The number of H-pyrrole nitrogens is 1. The molecular formula is C14H20N4O. The van der Waals surface area contributed by atoms with E-state index < -0.39 is 0 Å². The maximum absolute atomic E-state index is 5.86. The standard InChI is InChI=1S/C14H20N4O/c1-10(2)19-13-8-11(15)7-12(9-13)16-4-3-14-17-5-6-18-14/h5-10,16H,3-4,15H2,1-2H3,(H,17,18). The van der Waals surface area contributed by atoms with E-state index in [1.54, 1.807) is 6.20 Å². The molecule has 0 radical (unpaired) electrons. The van der Waals surface area contributed by atoms with Crippen molar-refractivity contribution in [2.24, 2.45) is 0 Å². The first-order valence-corrected chi connectivity index (χ1v) is 6.43. The maximum Gasteiger partial charge on any atom is 0.123 e. The molecular weight excluding hydrogens is 240 g/mol. The number of hydrogen-bond acceptors (Lipinski definition) is 4. The largest absolute Gasteiger partial charge is 0.491 e. The van der Waals surface area contributed by atoms with Gasteiger partial charge in [-0.2, -0.15) is 0 Å². The van der Waals surface area contributed by atoms with Crippen molar-refractivity contribution >= 4 is 11.4 Å². The molecule has 0 unspecified atom stereocenters. The molecule has 0 fully saturated rings. The number of rotatable bonds is 6. The summed E-state index contributed by atoms with van der Waals surface area (Å²) in [6.45, 7) is 4.78. The number of anilines is 2. The second-order valence-corrected chi connectivity index (χ2v) is 4.67. The van der Waals surface area contributed by atoms with E-state index in [9.17, 15) is 0 Å². The number of aromatic nitrogens is 2. The molecule has 0 saturated heterocycles. The molecule has 0 aliphatic heterocycles. The predicted molar refractivity (Wildman–Crippen MR) is 77.4 cm³/mol. The van der Waals surface area contributed by atoms with Gasteiger partial charge in [0.1, 0.15) is 11.6 Å². The van der Waals surface area contributed by atoms with Gasteiger partial charge >= 0.3 is 0 Å². The number of hydrogen-bond donors (Lipinski definition) is 3. The summed E-state index contributed by atoms with van der Waals surface area (Å²) < 4.78 is 5.65. The Bertz CT molecular complexity index is 508.